The third kappa shape index (κ3) is 6.81. The second kappa shape index (κ2) is 13.8. The number of hydrogen-bond acceptors (Lipinski definition) is 8. The van der Waals surface area contributed by atoms with Gasteiger partial charge in [-0.05, 0) is 82.9 Å². The number of nitrogens with one attached hydrogen (secondary N) is 1. The molecule has 0 saturated carbocycles. The Bertz CT molecular complexity index is 1740. The van der Waals surface area contributed by atoms with Crippen LogP contribution in [0.2, 0.25) is 0 Å². The Morgan fingerprint density at radius 3 is 2.58 bits per heavy atom. The van der Waals surface area contributed by atoms with Crippen LogP contribution in [0.5, 0.6) is 5.75 Å². The van der Waals surface area contributed by atoms with E-state index >= 15 is 0 Å². The van der Waals surface area contributed by atoms with Gasteiger partial charge < -0.3 is 20.7 Å². The van der Waals surface area contributed by atoms with Crippen LogP contribution in [-0.4, -0.2) is 38.8 Å². The highest BCUT2D eigenvalue weighted by atomic mass is 79.9. The average Bonchev–Trinajstić information content (AvgIpc) is 2.96. The van der Waals surface area contributed by atoms with Crippen LogP contribution in [0, 0.1) is 17.2 Å². The smallest absolute Gasteiger partial charge is 0.272 e. The number of nitriles is 1. The number of rotatable bonds is 11. The van der Waals surface area contributed by atoms with Crippen molar-refractivity contribution in [2.24, 2.45) is 11.7 Å². The largest absolute Gasteiger partial charge is 0.497 e. The maximum atomic E-state index is 13.8. The molecular weight excluding hydrogens is 660 g/mol. The normalized spacial score (nSPS) is 19.0. The van der Waals surface area contributed by atoms with Crippen molar-refractivity contribution in [3.8, 4) is 11.8 Å². The van der Waals surface area contributed by atoms with E-state index in [0.717, 1.165) is 18.4 Å². The van der Waals surface area contributed by atoms with Gasteiger partial charge >= 0.3 is 0 Å². The van der Waals surface area contributed by atoms with Crippen molar-refractivity contribution in [2.45, 2.75) is 70.6 Å². The van der Waals surface area contributed by atoms with Crippen LogP contribution in [0.15, 0.2) is 57.3 Å². The number of carbonyl (C=O) groups is 2. The van der Waals surface area contributed by atoms with Gasteiger partial charge in [0.15, 0.2) is 5.78 Å². The van der Waals surface area contributed by atoms with Crippen LogP contribution in [0.1, 0.15) is 91.1 Å². The number of anilines is 1. The topological polar surface area (TPSA) is 163 Å². The van der Waals surface area contributed by atoms with Crippen LogP contribution in [-0.2, 0) is 21.5 Å². The number of nitrogens with two attached hydrogens (primary N) is 1. The Kier molecular flexibility index (Phi) is 10.5. The van der Waals surface area contributed by atoms with Gasteiger partial charge in [0.2, 0.25) is 0 Å². The van der Waals surface area contributed by atoms with Crippen LogP contribution >= 0.6 is 15.9 Å². The number of Topliss-reactive ketones (excluding diaryl/α,β-unsaturated/α-hetero) is 1. The predicted octanol–water partition coefficient (Wildman–Crippen LogP) is 6.05. The molecule has 4 rings (SSSR count). The molecule has 10 nitrogen and oxygen atoms in total. The third-order valence-electron chi connectivity index (χ3n) is 8.60. The Hall–Kier alpha value is -3.66. The van der Waals surface area contributed by atoms with Crippen molar-refractivity contribution in [3.05, 3.63) is 79.6 Å². The zero-order valence-electron chi connectivity index (χ0n) is 26.1. The van der Waals surface area contributed by atoms with Gasteiger partial charge in [-0.15, -0.1) is 0 Å². The second-order valence-electron chi connectivity index (χ2n) is 11.7. The van der Waals surface area contributed by atoms with Crippen LogP contribution in [0.3, 0.4) is 0 Å². The van der Waals surface area contributed by atoms with E-state index in [1.807, 2.05) is 18.2 Å². The molecule has 1 amide bonds. The summed E-state index contributed by atoms with van der Waals surface area (Å²) in [4.78, 5) is 28.7. The molecule has 4 N–H and O–H groups in total. The second-order valence-corrected chi connectivity index (χ2v) is 14.1. The third-order valence-corrected chi connectivity index (χ3v) is 10.7. The van der Waals surface area contributed by atoms with E-state index < -0.39 is 27.2 Å². The first-order valence-electron chi connectivity index (χ1n) is 14.9. The number of nitrogens with zero attached hydrogens (tertiary/aromatic N) is 2. The summed E-state index contributed by atoms with van der Waals surface area (Å²) < 4.78 is 41.9. The van der Waals surface area contributed by atoms with Gasteiger partial charge in [-0.25, -0.2) is 0 Å². The molecule has 2 aromatic rings. The number of allylic oxidation sites excluding steroid dienone is 4. The molecule has 0 saturated heterocycles. The highest BCUT2D eigenvalue weighted by Gasteiger charge is 2.42. The quantitative estimate of drug-likeness (QED) is 0.237. The highest BCUT2D eigenvalue weighted by molar-refractivity contribution is 9.10. The molecule has 2 aliphatic rings. The van der Waals surface area contributed by atoms with Crippen molar-refractivity contribution in [1.29, 1.82) is 5.26 Å². The lowest BCUT2D eigenvalue weighted by Crippen LogP contribution is -2.35. The lowest BCUT2D eigenvalue weighted by molar-refractivity contribution is -0.117. The lowest BCUT2D eigenvalue weighted by Gasteiger charge is -2.37. The fourth-order valence-corrected chi connectivity index (χ4v) is 8.83. The molecule has 0 bridgehead atoms. The average molecular weight is 700 g/mol. The Morgan fingerprint density at radius 2 is 2.00 bits per heavy atom. The Balaban J connectivity index is 2.05. The minimum absolute atomic E-state index is 0.0205. The maximum Gasteiger partial charge on any atom is 0.272 e. The van der Waals surface area contributed by atoms with Gasteiger partial charge in [-0.3, -0.25) is 14.1 Å². The fraction of sp³-hybridized carbons (Fsp3) is 0.424. The van der Waals surface area contributed by atoms with Gasteiger partial charge in [-0.1, -0.05) is 32.4 Å². The zero-order valence-corrected chi connectivity index (χ0v) is 28.5. The first kappa shape index (κ1) is 34.2. The van der Waals surface area contributed by atoms with Gasteiger partial charge in [-0.2, -0.15) is 13.7 Å². The van der Waals surface area contributed by atoms with E-state index in [1.54, 1.807) is 39.0 Å². The molecule has 0 spiro atoms. The molecule has 2 aromatic carbocycles. The van der Waals surface area contributed by atoms with Crippen LogP contribution in [0.25, 0.3) is 0 Å². The molecule has 240 valence electrons. The molecule has 0 aromatic heterocycles. The molecule has 1 heterocycles. The number of amides is 1. The van der Waals surface area contributed by atoms with E-state index in [1.165, 1.54) is 6.07 Å². The first-order valence-corrected chi connectivity index (χ1v) is 17.2. The van der Waals surface area contributed by atoms with E-state index in [-0.39, 0.29) is 44.9 Å². The Labute approximate surface area is 273 Å². The summed E-state index contributed by atoms with van der Waals surface area (Å²) in [5.41, 5.74) is 9.43. The standard InChI is InChI=1S/C33H39BrN4O6S/c1-6-9-19-13-25-30(26(39)14-19)28(24(16-35)18(3)37-25)22-15-23(33(36)40)32(31(34)29(22)27(7-2)45(41,42)43)38(4)17-20-10-8-11-21(12-20)44-5/h8,10-12,15,19,27-28,37H,6-7,9,13-14,17H2,1-5H3,(H2,36,40)(H,41,42,43). The summed E-state index contributed by atoms with van der Waals surface area (Å²) in [6.07, 6.45) is 2.64. The van der Waals surface area contributed by atoms with E-state index in [9.17, 15) is 27.8 Å². The number of ether oxygens (including phenoxy) is 1. The number of ketones is 1. The van der Waals surface area contributed by atoms with Gasteiger partial charge in [0.05, 0.1) is 35.9 Å². The van der Waals surface area contributed by atoms with E-state index in [4.69, 9.17) is 10.5 Å². The molecule has 45 heavy (non-hydrogen) atoms. The summed E-state index contributed by atoms with van der Waals surface area (Å²) in [6.45, 7) is 5.72. The van der Waals surface area contributed by atoms with Gasteiger partial charge in [0.25, 0.3) is 16.0 Å². The molecular formula is C33H39BrN4O6S. The SMILES string of the molecule is CCCC1CC(=O)C2=C(C1)NC(C)=C(C#N)C2c1cc(C(N)=O)c(N(C)Cc2cccc(OC)c2)c(Br)c1C(CC)S(=O)(=O)O. The van der Waals surface area contributed by atoms with E-state index in [2.05, 4.69) is 34.2 Å². The molecule has 3 unspecified atom stereocenters. The van der Waals surface area contributed by atoms with Crippen molar-refractivity contribution in [3.63, 3.8) is 0 Å². The molecule has 0 radical (unpaired) electrons. The molecule has 3 atom stereocenters. The molecule has 12 heteroatoms. The van der Waals surface area contributed by atoms with Crippen molar-refractivity contribution < 1.29 is 27.3 Å². The number of carbonyl (C=O) groups excluding carboxylic acids is 2. The summed E-state index contributed by atoms with van der Waals surface area (Å²) in [5.74, 6) is -1.13. The van der Waals surface area contributed by atoms with Crippen LogP contribution < -0.4 is 20.7 Å². The van der Waals surface area contributed by atoms with E-state index in [0.29, 0.717) is 47.8 Å². The van der Waals surface area contributed by atoms with Crippen molar-refractivity contribution in [1.82, 2.24) is 5.32 Å². The van der Waals surface area contributed by atoms with Crippen LogP contribution in [0.4, 0.5) is 5.69 Å². The van der Waals surface area contributed by atoms with Gasteiger partial charge in [0, 0.05) is 41.5 Å². The number of primary amides is 1. The summed E-state index contributed by atoms with van der Waals surface area (Å²) >= 11 is 3.62. The van der Waals surface area contributed by atoms with Crippen molar-refractivity contribution in [2.75, 3.05) is 19.1 Å². The summed E-state index contributed by atoms with van der Waals surface area (Å²) in [7, 11) is -1.39. The fourth-order valence-electron chi connectivity index (χ4n) is 6.68. The number of halogens is 1. The summed E-state index contributed by atoms with van der Waals surface area (Å²) in [6, 6.07) is 11.1. The number of methoxy groups -OCH3 is 1. The predicted molar refractivity (Wildman–Crippen MR) is 176 cm³/mol. The number of dihydropyridines is 1. The molecule has 1 aliphatic carbocycles. The number of hydrogen-bond donors (Lipinski definition) is 3. The highest BCUT2D eigenvalue weighted by Crippen LogP contribution is 2.50. The molecule has 0 fully saturated rings. The monoisotopic (exact) mass is 698 g/mol. The van der Waals surface area contributed by atoms with Gasteiger partial charge in [0.1, 0.15) is 11.0 Å². The number of benzene rings is 2. The zero-order chi connectivity index (χ0) is 33.2. The summed E-state index contributed by atoms with van der Waals surface area (Å²) in [5, 5.41) is 12.2. The minimum atomic E-state index is -4.69. The lowest BCUT2D eigenvalue weighted by atomic mass is 9.71. The molecule has 1 aliphatic heterocycles. The van der Waals surface area contributed by atoms with Crippen molar-refractivity contribution >= 4 is 43.4 Å². The maximum absolute atomic E-state index is 13.8. The first-order chi connectivity index (χ1) is 21.3. The Morgan fingerprint density at radius 1 is 1.29 bits per heavy atom. The minimum Gasteiger partial charge on any atom is -0.497 e.